The summed E-state index contributed by atoms with van der Waals surface area (Å²) in [6.45, 7) is -2.97. The van der Waals surface area contributed by atoms with E-state index in [1.807, 2.05) is 0 Å². The van der Waals surface area contributed by atoms with E-state index in [1.165, 1.54) is 42.5 Å². The van der Waals surface area contributed by atoms with Gasteiger partial charge in [-0.3, -0.25) is 4.79 Å². The molecule has 2 rings (SSSR count). The molecular formula is C15H10ClF3O2. The average molecular weight is 315 g/mol. The minimum Gasteiger partial charge on any atom is -0.435 e. The molecular weight excluding hydrogens is 305 g/mol. The summed E-state index contributed by atoms with van der Waals surface area (Å²) >= 11 is 5.75. The predicted molar refractivity (Wildman–Crippen MR) is 72.5 cm³/mol. The van der Waals surface area contributed by atoms with Crippen LogP contribution in [-0.4, -0.2) is 12.4 Å². The standard InChI is InChI=1S/C15H10ClF3O2/c16-11-4-5-13(17)10(6-11)8-14(20)9-2-1-3-12(7-9)21-15(18)19/h1-7,15H,8H2. The van der Waals surface area contributed by atoms with Gasteiger partial charge in [-0.25, -0.2) is 4.39 Å². The summed E-state index contributed by atoms with van der Waals surface area (Å²) in [6, 6.07) is 9.26. The van der Waals surface area contributed by atoms with Crippen LogP contribution in [0.1, 0.15) is 15.9 Å². The number of ketones is 1. The van der Waals surface area contributed by atoms with Gasteiger partial charge in [0.25, 0.3) is 0 Å². The maximum atomic E-state index is 13.6. The van der Waals surface area contributed by atoms with Gasteiger partial charge < -0.3 is 4.74 Å². The molecule has 0 heterocycles. The lowest BCUT2D eigenvalue weighted by Gasteiger charge is -2.07. The minimum absolute atomic E-state index is 0.123. The molecule has 110 valence electrons. The molecule has 0 saturated carbocycles. The van der Waals surface area contributed by atoms with Crippen LogP contribution in [0.4, 0.5) is 13.2 Å². The number of Topliss-reactive ketones (excluding diaryl/α,β-unsaturated/α-hetero) is 1. The van der Waals surface area contributed by atoms with E-state index in [0.717, 1.165) is 0 Å². The van der Waals surface area contributed by atoms with E-state index in [1.54, 1.807) is 0 Å². The van der Waals surface area contributed by atoms with Crippen LogP contribution in [0.3, 0.4) is 0 Å². The van der Waals surface area contributed by atoms with Crippen molar-refractivity contribution in [3.8, 4) is 5.75 Å². The van der Waals surface area contributed by atoms with Crippen molar-refractivity contribution in [3.05, 3.63) is 64.4 Å². The molecule has 0 unspecified atom stereocenters. The van der Waals surface area contributed by atoms with E-state index in [2.05, 4.69) is 4.74 Å². The molecule has 2 aromatic rings. The van der Waals surface area contributed by atoms with Gasteiger partial charge in [0.1, 0.15) is 11.6 Å². The molecule has 0 fully saturated rings. The van der Waals surface area contributed by atoms with Gasteiger partial charge in [-0.05, 0) is 35.9 Å². The average Bonchev–Trinajstić information content (AvgIpc) is 2.42. The highest BCUT2D eigenvalue weighted by molar-refractivity contribution is 6.30. The Morgan fingerprint density at radius 2 is 1.95 bits per heavy atom. The zero-order chi connectivity index (χ0) is 15.4. The molecule has 0 saturated heterocycles. The van der Waals surface area contributed by atoms with Crippen molar-refractivity contribution >= 4 is 17.4 Å². The highest BCUT2D eigenvalue weighted by atomic mass is 35.5. The molecule has 6 heteroatoms. The second-order valence-electron chi connectivity index (χ2n) is 4.24. The number of carbonyl (C=O) groups is 1. The number of benzene rings is 2. The Morgan fingerprint density at radius 3 is 2.67 bits per heavy atom. The van der Waals surface area contributed by atoms with Crippen molar-refractivity contribution in [1.29, 1.82) is 0 Å². The van der Waals surface area contributed by atoms with E-state index < -0.39 is 18.2 Å². The van der Waals surface area contributed by atoms with Crippen molar-refractivity contribution in [3.63, 3.8) is 0 Å². The summed E-state index contributed by atoms with van der Waals surface area (Å²) in [5.41, 5.74) is 0.306. The van der Waals surface area contributed by atoms with Gasteiger partial charge in [0, 0.05) is 17.0 Å². The summed E-state index contributed by atoms with van der Waals surface area (Å²) in [6.07, 6.45) is -0.218. The number of ether oxygens (including phenoxy) is 1. The highest BCUT2D eigenvalue weighted by Crippen LogP contribution is 2.20. The third-order valence-corrected chi connectivity index (χ3v) is 2.98. The third-order valence-electron chi connectivity index (χ3n) is 2.74. The Balaban J connectivity index is 2.18. The van der Waals surface area contributed by atoms with Crippen molar-refractivity contribution in [2.45, 2.75) is 13.0 Å². The van der Waals surface area contributed by atoms with Gasteiger partial charge in [-0.2, -0.15) is 8.78 Å². The Labute approximate surface area is 124 Å². The van der Waals surface area contributed by atoms with Crippen LogP contribution >= 0.6 is 11.6 Å². The Morgan fingerprint density at radius 1 is 1.19 bits per heavy atom. The van der Waals surface area contributed by atoms with Gasteiger partial charge in [0.15, 0.2) is 5.78 Å². The number of hydrogen-bond donors (Lipinski definition) is 0. The SMILES string of the molecule is O=C(Cc1cc(Cl)ccc1F)c1cccc(OC(F)F)c1. The first-order chi connectivity index (χ1) is 9.95. The monoisotopic (exact) mass is 314 g/mol. The second kappa shape index (κ2) is 6.63. The molecule has 0 radical (unpaired) electrons. The largest absolute Gasteiger partial charge is 0.435 e. The number of carbonyl (C=O) groups excluding carboxylic acids is 1. The van der Waals surface area contributed by atoms with Crippen molar-refractivity contribution in [2.75, 3.05) is 0 Å². The molecule has 0 bridgehead atoms. The van der Waals surface area contributed by atoms with Crippen LogP contribution in [-0.2, 0) is 6.42 Å². The first-order valence-corrected chi connectivity index (χ1v) is 6.35. The summed E-state index contributed by atoms with van der Waals surface area (Å²) < 4.78 is 42.0. The molecule has 0 amide bonds. The summed E-state index contributed by atoms with van der Waals surface area (Å²) in [4.78, 5) is 12.1. The lowest BCUT2D eigenvalue weighted by Crippen LogP contribution is -2.07. The summed E-state index contributed by atoms with van der Waals surface area (Å²) in [5.74, 6) is -1.09. The van der Waals surface area contributed by atoms with Crippen LogP contribution in [0.2, 0.25) is 5.02 Å². The summed E-state index contributed by atoms with van der Waals surface area (Å²) in [5, 5.41) is 0.314. The van der Waals surface area contributed by atoms with Crippen molar-refractivity contribution < 1.29 is 22.7 Å². The van der Waals surface area contributed by atoms with Crippen LogP contribution in [0.25, 0.3) is 0 Å². The Hall–Kier alpha value is -2.01. The first-order valence-electron chi connectivity index (χ1n) is 5.97. The molecule has 0 aliphatic carbocycles. The van der Waals surface area contributed by atoms with Gasteiger partial charge in [0.05, 0.1) is 0 Å². The molecule has 2 aromatic carbocycles. The fraction of sp³-hybridized carbons (Fsp3) is 0.133. The van der Waals surface area contributed by atoms with Crippen LogP contribution in [0, 0.1) is 5.82 Å². The predicted octanol–water partition coefficient (Wildman–Crippen LogP) is 4.51. The van der Waals surface area contributed by atoms with E-state index in [-0.39, 0.29) is 23.3 Å². The maximum absolute atomic E-state index is 13.6. The molecule has 0 spiro atoms. The van der Waals surface area contributed by atoms with Crippen LogP contribution in [0.5, 0.6) is 5.75 Å². The number of hydrogen-bond acceptors (Lipinski definition) is 2. The second-order valence-corrected chi connectivity index (χ2v) is 4.68. The van der Waals surface area contributed by atoms with Gasteiger partial charge in [0.2, 0.25) is 0 Å². The molecule has 0 atom stereocenters. The number of rotatable bonds is 5. The third kappa shape index (κ3) is 4.23. The number of halogens is 4. The highest BCUT2D eigenvalue weighted by Gasteiger charge is 2.13. The van der Waals surface area contributed by atoms with Crippen LogP contribution < -0.4 is 4.74 Å². The zero-order valence-corrected chi connectivity index (χ0v) is 11.4. The van der Waals surface area contributed by atoms with E-state index in [9.17, 15) is 18.0 Å². The maximum Gasteiger partial charge on any atom is 0.387 e. The van der Waals surface area contributed by atoms with Gasteiger partial charge in [-0.1, -0.05) is 23.7 Å². The lowest BCUT2D eigenvalue weighted by atomic mass is 10.0. The topological polar surface area (TPSA) is 26.3 Å². The minimum atomic E-state index is -2.97. The number of alkyl halides is 2. The molecule has 0 N–H and O–H groups in total. The molecule has 2 nitrogen and oxygen atoms in total. The molecule has 21 heavy (non-hydrogen) atoms. The zero-order valence-electron chi connectivity index (χ0n) is 10.7. The van der Waals surface area contributed by atoms with Gasteiger partial charge >= 0.3 is 6.61 Å². The molecule has 0 aliphatic rings. The fourth-order valence-corrected chi connectivity index (χ4v) is 1.99. The lowest BCUT2D eigenvalue weighted by molar-refractivity contribution is -0.0498. The molecule has 0 aromatic heterocycles. The first kappa shape index (κ1) is 15.4. The van der Waals surface area contributed by atoms with Crippen molar-refractivity contribution in [1.82, 2.24) is 0 Å². The van der Waals surface area contributed by atoms with Crippen molar-refractivity contribution in [2.24, 2.45) is 0 Å². The van der Waals surface area contributed by atoms with Gasteiger partial charge in [-0.15, -0.1) is 0 Å². The smallest absolute Gasteiger partial charge is 0.387 e. The van der Waals surface area contributed by atoms with E-state index in [4.69, 9.17) is 11.6 Å². The fourth-order valence-electron chi connectivity index (χ4n) is 1.80. The van der Waals surface area contributed by atoms with Crippen LogP contribution in [0.15, 0.2) is 42.5 Å². The Bertz CT molecular complexity index is 659. The normalized spacial score (nSPS) is 10.7. The van der Waals surface area contributed by atoms with E-state index >= 15 is 0 Å². The van der Waals surface area contributed by atoms with E-state index in [0.29, 0.717) is 5.02 Å². The quantitative estimate of drug-likeness (QED) is 0.759. The summed E-state index contributed by atoms with van der Waals surface area (Å²) in [7, 11) is 0. The Kier molecular flexibility index (Phi) is 4.85. The molecule has 0 aliphatic heterocycles.